The smallest absolute Gasteiger partial charge is 0.210 e. The van der Waals surface area contributed by atoms with E-state index in [0.29, 0.717) is 37.0 Å². The Morgan fingerprint density at radius 3 is 2.78 bits per heavy atom. The van der Waals surface area contributed by atoms with E-state index in [1.54, 1.807) is 25.4 Å². The number of nitrogens with two attached hydrogens (primary N) is 1. The van der Waals surface area contributed by atoms with Crippen molar-refractivity contribution in [3.05, 3.63) is 65.6 Å². The summed E-state index contributed by atoms with van der Waals surface area (Å²) in [7, 11) is 0. The average Bonchev–Trinajstić information content (AvgIpc) is 3.45. The van der Waals surface area contributed by atoms with Crippen LogP contribution in [0.15, 0.2) is 47.2 Å². The van der Waals surface area contributed by atoms with Crippen molar-refractivity contribution >= 4 is 0 Å². The predicted molar refractivity (Wildman–Crippen MR) is 122 cm³/mol. The van der Waals surface area contributed by atoms with Gasteiger partial charge in [0.05, 0.1) is 13.2 Å². The summed E-state index contributed by atoms with van der Waals surface area (Å²) in [5.74, 6) is 7.96. The van der Waals surface area contributed by atoms with Crippen LogP contribution in [0.3, 0.4) is 0 Å². The first kappa shape index (κ1) is 23.5. The van der Waals surface area contributed by atoms with Gasteiger partial charge >= 0.3 is 0 Å². The number of likely N-dealkylation sites (N-methyl/N-ethyl adjacent to an activating group) is 1. The third kappa shape index (κ3) is 6.95. The molecule has 32 heavy (non-hydrogen) atoms. The van der Waals surface area contributed by atoms with Gasteiger partial charge in [0.2, 0.25) is 5.76 Å². The summed E-state index contributed by atoms with van der Waals surface area (Å²) < 4.78 is 13.0. The number of aliphatic hydroxyl groups excluding tert-OH is 1. The maximum atomic E-state index is 9.75. The number of benzene rings is 1. The number of rotatable bonds is 11. The minimum atomic E-state index is -0.648. The Morgan fingerprint density at radius 2 is 2.06 bits per heavy atom. The standard InChI is InChI=1S/C24H31N5O3/c1-3-28(14-11-25)13-4-16-31-22-8-5-20(6-9-22)7-10-23-17-21(27-32-23)18-29-15-12-26-24(29)19(2)30/h5-6,8-9,12,15,17,19,30H,3-4,11,13-14,16,18,25H2,1-2H3/t19-/m0/s1. The van der Waals surface area contributed by atoms with Crippen molar-refractivity contribution in [3.63, 3.8) is 0 Å². The van der Waals surface area contributed by atoms with Gasteiger partial charge in [0.25, 0.3) is 0 Å². The maximum absolute atomic E-state index is 9.75. The van der Waals surface area contributed by atoms with Crippen molar-refractivity contribution in [2.75, 3.05) is 32.8 Å². The zero-order valence-electron chi connectivity index (χ0n) is 18.7. The second-order valence-electron chi connectivity index (χ2n) is 7.47. The van der Waals surface area contributed by atoms with E-state index in [2.05, 4.69) is 33.8 Å². The molecule has 170 valence electrons. The third-order valence-electron chi connectivity index (χ3n) is 4.98. The van der Waals surface area contributed by atoms with Crippen LogP contribution in [0, 0.1) is 11.8 Å². The fourth-order valence-corrected chi connectivity index (χ4v) is 3.30. The highest BCUT2D eigenvalue weighted by molar-refractivity contribution is 5.41. The van der Waals surface area contributed by atoms with E-state index >= 15 is 0 Å². The highest BCUT2D eigenvalue weighted by Gasteiger charge is 2.11. The summed E-state index contributed by atoms with van der Waals surface area (Å²) in [6, 6.07) is 9.48. The molecule has 3 aromatic rings. The Morgan fingerprint density at radius 1 is 1.25 bits per heavy atom. The molecule has 0 saturated heterocycles. The Hall–Kier alpha value is -3.12. The highest BCUT2D eigenvalue weighted by atomic mass is 16.5. The number of hydrogen-bond acceptors (Lipinski definition) is 7. The predicted octanol–water partition coefficient (Wildman–Crippen LogP) is 2.42. The Kier molecular flexibility index (Phi) is 8.87. The Bertz CT molecular complexity index is 1010. The lowest BCUT2D eigenvalue weighted by Gasteiger charge is -2.19. The SMILES string of the molecule is CCN(CCN)CCCOc1ccc(C#Cc2cc(Cn3ccnc3[C@H](C)O)no2)cc1. The maximum Gasteiger partial charge on any atom is 0.210 e. The van der Waals surface area contributed by atoms with Crippen molar-refractivity contribution in [1.29, 1.82) is 0 Å². The van der Waals surface area contributed by atoms with Crippen LogP contribution in [0.5, 0.6) is 5.75 Å². The van der Waals surface area contributed by atoms with Gasteiger partial charge in [-0.25, -0.2) is 4.98 Å². The molecule has 0 saturated carbocycles. The first-order valence-electron chi connectivity index (χ1n) is 10.9. The lowest BCUT2D eigenvalue weighted by molar-refractivity contribution is 0.184. The molecule has 0 amide bonds. The highest BCUT2D eigenvalue weighted by Crippen LogP contribution is 2.14. The minimum Gasteiger partial charge on any atom is -0.494 e. The molecule has 0 aliphatic carbocycles. The van der Waals surface area contributed by atoms with Crippen molar-refractivity contribution in [2.45, 2.75) is 32.9 Å². The van der Waals surface area contributed by atoms with Gasteiger partial charge in [-0.05, 0) is 50.1 Å². The monoisotopic (exact) mass is 437 g/mol. The molecule has 0 aliphatic rings. The van der Waals surface area contributed by atoms with E-state index in [4.69, 9.17) is 15.0 Å². The first-order valence-corrected chi connectivity index (χ1v) is 10.9. The van der Waals surface area contributed by atoms with Crippen LogP contribution in [0.4, 0.5) is 0 Å². The van der Waals surface area contributed by atoms with Crippen molar-refractivity contribution in [1.82, 2.24) is 19.6 Å². The number of hydrogen-bond donors (Lipinski definition) is 2. The third-order valence-corrected chi connectivity index (χ3v) is 4.98. The van der Waals surface area contributed by atoms with Crippen LogP contribution in [-0.4, -0.2) is 57.5 Å². The molecular formula is C24H31N5O3. The van der Waals surface area contributed by atoms with E-state index in [1.807, 2.05) is 28.8 Å². The summed E-state index contributed by atoms with van der Waals surface area (Å²) in [6.45, 7) is 8.53. The summed E-state index contributed by atoms with van der Waals surface area (Å²) in [5, 5.41) is 13.8. The second-order valence-corrected chi connectivity index (χ2v) is 7.47. The molecule has 0 unspecified atom stereocenters. The number of aromatic nitrogens is 3. The molecule has 0 radical (unpaired) electrons. The lowest BCUT2D eigenvalue weighted by Crippen LogP contribution is -2.30. The van der Waals surface area contributed by atoms with Crippen molar-refractivity contribution in [3.8, 4) is 17.6 Å². The number of ether oxygens (including phenoxy) is 1. The lowest BCUT2D eigenvalue weighted by atomic mass is 10.2. The molecule has 0 bridgehead atoms. The van der Waals surface area contributed by atoms with Gasteiger partial charge in [-0.2, -0.15) is 0 Å². The molecule has 3 rings (SSSR count). The largest absolute Gasteiger partial charge is 0.494 e. The molecule has 1 atom stereocenters. The molecule has 2 aromatic heterocycles. The molecule has 3 N–H and O–H groups in total. The van der Waals surface area contributed by atoms with Gasteiger partial charge in [0, 0.05) is 43.7 Å². The zero-order valence-corrected chi connectivity index (χ0v) is 18.7. The van der Waals surface area contributed by atoms with Gasteiger partial charge in [0.15, 0.2) is 0 Å². The number of imidazole rings is 1. The minimum absolute atomic E-state index is 0.458. The van der Waals surface area contributed by atoms with Gasteiger partial charge in [0.1, 0.15) is 23.4 Å². The van der Waals surface area contributed by atoms with Crippen LogP contribution in [-0.2, 0) is 6.54 Å². The van der Waals surface area contributed by atoms with Gasteiger partial charge in [-0.15, -0.1) is 0 Å². The van der Waals surface area contributed by atoms with E-state index < -0.39 is 6.10 Å². The molecular weight excluding hydrogens is 406 g/mol. The fraction of sp³-hybridized carbons (Fsp3) is 0.417. The fourth-order valence-electron chi connectivity index (χ4n) is 3.30. The molecule has 0 fully saturated rings. The van der Waals surface area contributed by atoms with Gasteiger partial charge in [-0.1, -0.05) is 18.0 Å². The quantitative estimate of drug-likeness (QED) is 0.351. The molecule has 8 heteroatoms. The first-order chi connectivity index (χ1) is 15.6. The molecule has 8 nitrogen and oxygen atoms in total. The summed E-state index contributed by atoms with van der Waals surface area (Å²) in [5.41, 5.74) is 7.19. The van der Waals surface area contributed by atoms with Crippen molar-refractivity contribution < 1.29 is 14.4 Å². The number of aliphatic hydroxyl groups is 1. The van der Waals surface area contributed by atoms with E-state index in [1.165, 1.54) is 0 Å². The zero-order chi connectivity index (χ0) is 22.8. The summed E-state index contributed by atoms with van der Waals surface area (Å²) >= 11 is 0. The van der Waals surface area contributed by atoms with Crippen LogP contribution in [0.2, 0.25) is 0 Å². The molecule has 2 heterocycles. The van der Waals surface area contributed by atoms with Crippen LogP contribution in [0.1, 0.15) is 49.2 Å². The van der Waals surface area contributed by atoms with Crippen LogP contribution < -0.4 is 10.5 Å². The summed E-state index contributed by atoms with van der Waals surface area (Å²) in [6.07, 6.45) is 3.76. The Labute approximate surface area is 189 Å². The normalized spacial score (nSPS) is 11.9. The van der Waals surface area contributed by atoms with Gasteiger partial charge in [-0.3, -0.25) is 0 Å². The summed E-state index contributed by atoms with van der Waals surface area (Å²) in [4.78, 5) is 6.47. The van der Waals surface area contributed by atoms with E-state index in [9.17, 15) is 5.11 Å². The second kappa shape index (κ2) is 12.1. The molecule has 0 spiro atoms. The average molecular weight is 438 g/mol. The molecule has 1 aromatic carbocycles. The van der Waals surface area contributed by atoms with Crippen LogP contribution in [0.25, 0.3) is 0 Å². The van der Waals surface area contributed by atoms with E-state index in [-0.39, 0.29) is 0 Å². The van der Waals surface area contributed by atoms with E-state index in [0.717, 1.165) is 37.4 Å². The molecule has 0 aliphatic heterocycles. The van der Waals surface area contributed by atoms with Crippen molar-refractivity contribution in [2.24, 2.45) is 5.73 Å². The number of nitrogens with zero attached hydrogens (tertiary/aromatic N) is 4. The van der Waals surface area contributed by atoms with Crippen LogP contribution >= 0.6 is 0 Å². The Balaban J connectivity index is 1.49. The van der Waals surface area contributed by atoms with Gasteiger partial charge < -0.3 is 29.6 Å². The topological polar surface area (TPSA) is 103 Å².